The van der Waals surface area contributed by atoms with Gasteiger partial charge < -0.3 is 5.73 Å². The molecule has 0 heterocycles. The van der Waals surface area contributed by atoms with E-state index in [1.165, 1.54) is 17.7 Å². The zero-order valence-electron chi connectivity index (χ0n) is 10.7. The smallest absolute Gasteiger partial charge is 0.269 e. The minimum absolute atomic E-state index is 0.0356. The van der Waals surface area contributed by atoms with Gasteiger partial charge in [0.15, 0.2) is 0 Å². The van der Waals surface area contributed by atoms with Gasteiger partial charge in [0.25, 0.3) is 5.69 Å². The van der Waals surface area contributed by atoms with E-state index in [9.17, 15) is 10.1 Å². The molecule has 0 aromatic heterocycles. The van der Waals surface area contributed by atoms with E-state index < -0.39 is 0 Å². The van der Waals surface area contributed by atoms with Gasteiger partial charge in [0.1, 0.15) is 0 Å². The van der Waals surface area contributed by atoms with E-state index in [0.717, 1.165) is 17.5 Å². The second-order valence-electron chi connectivity index (χ2n) is 4.63. The zero-order chi connectivity index (χ0) is 13.8. The summed E-state index contributed by atoms with van der Waals surface area (Å²) < 4.78 is 0. The Hall–Kier alpha value is -2.20. The largest absolute Gasteiger partial charge is 0.324 e. The first-order valence-corrected chi connectivity index (χ1v) is 6.14. The maximum absolute atomic E-state index is 10.6. The molecule has 98 valence electrons. The molecule has 0 saturated heterocycles. The van der Waals surface area contributed by atoms with Crippen molar-refractivity contribution < 1.29 is 4.92 Å². The van der Waals surface area contributed by atoms with Crippen molar-refractivity contribution >= 4 is 5.69 Å². The highest BCUT2D eigenvalue weighted by Crippen LogP contribution is 2.17. The van der Waals surface area contributed by atoms with Crippen LogP contribution in [0.2, 0.25) is 0 Å². The van der Waals surface area contributed by atoms with Crippen LogP contribution in [0.15, 0.2) is 48.5 Å². The molecule has 4 heteroatoms. The van der Waals surface area contributed by atoms with Gasteiger partial charge in [-0.3, -0.25) is 10.1 Å². The van der Waals surface area contributed by atoms with Gasteiger partial charge in [-0.15, -0.1) is 0 Å². The Balaban J connectivity index is 2.10. The molecule has 4 nitrogen and oxygen atoms in total. The third kappa shape index (κ3) is 3.39. The van der Waals surface area contributed by atoms with Crippen LogP contribution in [0.25, 0.3) is 0 Å². The normalized spacial score (nSPS) is 12.1. The quantitative estimate of drug-likeness (QED) is 0.674. The summed E-state index contributed by atoms with van der Waals surface area (Å²) in [7, 11) is 0. The fourth-order valence-corrected chi connectivity index (χ4v) is 1.91. The van der Waals surface area contributed by atoms with Crippen LogP contribution in [-0.2, 0) is 6.42 Å². The van der Waals surface area contributed by atoms with Gasteiger partial charge >= 0.3 is 0 Å². The number of rotatable bonds is 4. The van der Waals surface area contributed by atoms with Gasteiger partial charge in [-0.05, 0) is 30.0 Å². The molecule has 0 saturated carbocycles. The highest BCUT2D eigenvalue weighted by molar-refractivity contribution is 5.36. The van der Waals surface area contributed by atoms with Crippen LogP contribution in [-0.4, -0.2) is 4.92 Å². The zero-order valence-corrected chi connectivity index (χ0v) is 10.7. The molecule has 0 bridgehead atoms. The first-order valence-electron chi connectivity index (χ1n) is 6.14. The highest BCUT2D eigenvalue weighted by Gasteiger charge is 2.05. The van der Waals surface area contributed by atoms with Crippen molar-refractivity contribution in [1.82, 2.24) is 0 Å². The molecule has 0 aliphatic carbocycles. The topological polar surface area (TPSA) is 69.2 Å². The Morgan fingerprint density at radius 2 is 1.53 bits per heavy atom. The lowest BCUT2D eigenvalue weighted by atomic mass is 10.0. The van der Waals surface area contributed by atoms with Crippen molar-refractivity contribution in [3.05, 3.63) is 75.3 Å². The van der Waals surface area contributed by atoms with E-state index in [1.54, 1.807) is 12.1 Å². The van der Waals surface area contributed by atoms with Crippen LogP contribution < -0.4 is 5.73 Å². The fraction of sp³-hybridized carbons (Fsp3) is 0.200. The predicted molar refractivity (Wildman–Crippen MR) is 74.9 cm³/mol. The third-order valence-corrected chi connectivity index (χ3v) is 3.06. The molecule has 0 aliphatic heterocycles. The minimum Gasteiger partial charge on any atom is -0.324 e. The fourth-order valence-electron chi connectivity index (χ4n) is 1.91. The number of nitro groups is 1. The van der Waals surface area contributed by atoms with E-state index in [0.29, 0.717) is 0 Å². The molecule has 1 atom stereocenters. The van der Waals surface area contributed by atoms with Crippen molar-refractivity contribution in [3.63, 3.8) is 0 Å². The molecular weight excluding hydrogens is 240 g/mol. The Labute approximate surface area is 112 Å². The Morgan fingerprint density at radius 1 is 1.05 bits per heavy atom. The molecule has 0 aliphatic rings. The van der Waals surface area contributed by atoms with Crippen LogP contribution in [0.1, 0.15) is 29.7 Å². The average Bonchev–Trinajstić information content (AvgIpc) is 2.40. The summed E-state index contributed by atoms with van der Waals surface area (Å²) in [6, 6.07) is 14.8. The summed E-state index contributed by atoms with van der Waals surface area (Å²) in [5.41, 5.74) is 9.24. The second-order valence-corrected chi connectivity index (χ2v) is 4.63. The maximum Gasteiger partial charge on any atom is 0.269 e. The molecule has 0 radical (unpaired) electrons. The van der Waals surface area contributed by atoms with Gasteiger partial charge in [0, 0.05) is 18.2 Å². The van der Waals surface area contributed by atoms with E-state index in [1.807, 2.05) is 31.2 Å². The van der Waals surface area contributed by atoms with E-state index in [2.05, 4.69) is 0 Å². The van der Waals surface area contributed by atoms with Crippen molar-refractivity contribution in [2.45, 2.75) is 19.4 Å². The van der Waals surface area contributed by atoms with Gasteiger partial charge in [-0.2, -0.15) is 0 Å². The van der Waals surface area contributed by atoms with Crippen molar-refractivity contribution in [1.29, 1.82) is 0 Å². The summed E-state index contributed by atoms with van der Waals surface area (Å²) in [4.78, 5) is 10.2. The van der Waals surface area contributed by atoms with Crippen molar-refractivity contribution in [2.24, 2.45) is 5.73 Å². The highest BCUT2D eigenvalue weighted by atomic mass is 16.6. The monoisotopic (exact) mass is 256 g/mol. The number of benzene rings is 2. The summed E-state index contributed by atoms with van der Waals surface area (Å²) in [6.07, 6.45) is 0.761. The molecule has 2 aromatic rings. The van der Waals surface area contributed by atoms with Crippen LogP contribution in [0.4, 0.5) is 5.69 Å². The molecule has 2 N–H and O–H groups in total. The summed E-state index contributed by atoms with van der Waals surface area (Å²) >= 11 is 0. The number of nitro benzene ring substituents is 1. The Bertz CT molecular complexity index is 560. The number of nitrogens with two attached hydrogens (primary N) is 1. The van der Waals surface area contributed by atoms with Crippen LogP contribution in [0.3, 0.4) is 0 Å². The molecule has 2 rings (SSSR count). The van der Waals surface area contributed by atoms with Crippen LogP contribution in [0.5, 0.6) is 0 Å². The van der Waals surface area contributed by atoms with E-state index >= 15 is 0 Å². The number of hydrogen-bond donors (Lipinski definition) is 1. The molecule has 2 aromatic carbocycles. The van der Waals surface area contributed by atoms with Gasteiger partial charge in [0.05, 0.1) is 4.92 Å². The molecular formula is C15H16N2O2. The number of non-ortho nitro benzene ring substituents is 1. The van der Waals surface area contributed by atoms with Crippen molar-refractivity contribution in [3.8, 4) is 0 Å². The summed E-state index contributed by atoms with van der Waals surface area (Å²) in [5, 5.41) is 10.6. The molecule has 0 fully saturated rings. The lowest BCUT2D eigenvalue weighted by Crippen LogP contribution is -2.04. The Morgan fingerprint density at radius 3 is 1.95 bits per heavy atom. The number of hydrogen-bond acceptors (Lipinski definition) is 3. The molecule has 0 amide bonds. The SMILES string of the molecule is C[C@@H](N)c1ccc(Cc2ccc([N+](=O)[O-])cc2)cc1. The summed E-state index contributed by atoms with van der Waals surface area (Å²) in [5.74, 6) is 0. The predicted octanol–water partition coefficient (Wildman–Crippen LogP) is 3.21. The lowest BCUT2D eigenvalue weighted by Gasteiger charge is -2.07. The molecule has 0 unspecified atom stereocenters. The third-order valence-electron chi connectivity index (χ3n) is 3.06. The first-order chi connectivity index (χ1) is 9.06. The minimum atomic E-state index is -0.388. The van der Waals surface area contributed by atoms with E-state index in [4.69, 9.17) is 5.73 Å². The lowest BCUT2D eigenvalue weighted by molar-refractivity contribution is -0.384. The number of nitrogens with zero attached hydrogens (tertiary/aromatic N) is 1. The first kappa shape index (κ1) is 13.2. The van der Waals surface area contributed by atoms with Crippen LogP contribution >= 0.6 is 0 Å². The molecule has 0 spiro atoms. The standard InChI is InChI=1S/C15H16N2O2/c1-11(16)14-6-2-12(3-7-14)10-13-4-8-15(9-5-13)17(18)19/h2-9,11H,10,16H2,1H3/t11-/m1/s1. The van der Waals surface area contributed by atoms with Gasteiger partial charge in [0.2, 0.25) is 0 Å². The maximum atomic E-state index is 10.6. The average molecular weight is 256 g/mol. The van der Waals surface area contributed by atoms with Gasteiger partial charge in [-0.25, -0.2) is 0 Å². The Kier molecular flexibility index (Phi) is 3.92. The van der Waals surface area contributed by atoms with E-state index in [-0.39, 0.29) is 16.7 Å². The van der Waals surface area contributed by atoms with Crippen LogP contribution in [0, 0.1) is 10.1 Å². The van der Waals surface area contributed by atoms with Crippen molar-refractivity contribution in [2.75, 3.05) is 0 Å². The van der Waals surface area contributed by atoms with Gasteiger partial charge in [-0.1, -0.05) is 36.4 Å². The summed E-state index contributed by atoms with van der Waals surface area (Å²) in [6.45, 7) is 1.95. The second kappa shape index (κ2) is 5.63. The molecule has 19 heavy (non-hydrogen) atoms.